The van der Waals surface area contributed by atoms with Crippen LogP contribution in [0.1, 0.15) is 13.8 Å². The Kier molecular flexibility index (Phi) is 5.45. The number of benzene rings is 2. The Bertz CT molecular complexity index is 998. The Labute approximate surface area is 178 Å². The van der Waals surface area contributed by atoms with Gasteiger partial charge in [0.1, 0.15) is 5.52 Å². The number of aromatic nitrogens is 2. The van der Waals surface area contributed by atoms with Crippen molar-refractivity contribution in [2.24, 2.45) is 7.05 Å². The van der Waals surface area contributed by atoms with E-state index in [1.54, 1.807) is 0 Å². The number of fused-ring (bicyclic) bond motifs is 1. The molecule has 0 radical (unpaired) electrons. The molecule has 0 aliphatic carbocycles. The second kappa shape index (κ2) is 7.88. The molecule has 0 atom stereocenters. The third kappa shape index (κ3) is 3.81. The van der Waals surface area contributed by atoms with Gasteiger partial charge >= 0.3 is 0 Å². The van der Waals surface area contributed by atoms with Crippen LogP contribution in [-0.2, 0) is 7.05 Å². The Hall–Kier alpha value is -2.24. The van der Waals surface area contributed by atoms with Crippen LogP contribution in [0.5, 0.6) is 0 Å². The molecule has 0 N–H and O–H groups in total. The molecule has 154 valence electrons. The summed E-state index contributed by atoms with van der Waals surface area (Å²) in [6.45, 7) is 8.96. The lowest BCUT2D eigenvalue weighted by Crippen LogP contribution is -2.48. The highest BCUT2D eigenvalue weighted by molar-refractivity contribution is 6.35. The molecule has 1 aliphatic rings. The predicted molar refractivity (Wildman–Crippen MR) is 124 cm³/mol. The van der Waals surface area contributed by atoms with Crippen molar-refractivity contribution in [3.8, 4) is 11.1 Å². The SMILES string of the molecule is CC(C)N1CCN(c2ccc(-c3cc(Cl)c4nc(N(C)C)n(C)c4c3)cc2)CC1. The number of hydrogen-bond donors (Lipinski definition) is 0. The maximum absolute atomic E-state index is 6.59. The Balaban J connectivity index is 1.59. The number of hydrogen-bond acceptors (Lipinski definition) is 4. The third-order valence-electron chi connectivity index (χ3n) is 5.93. The van der Waals surface area contributed by atoms with Gasteiger partial charge in [-0.25, -0.2) is 4.98 Å². The predicted octanol–water partition coefficient (Wildman–Crippen LogP) is 4.49. The Morgan fingerprint density at radius 1 is 0.966 bits per heavy atom. The highest BCUT2D eigenvalue weighted by Gasteiger charge is 2.19. The fraction of sp³-hybridized carbons (Fsp3) is 0.435. The average Bonchev–Trinajstić information content (AvgIpc) is 3.06. The standard InChI is InChI=1S/C23H30ClN5/c1-16(2)28-10-12-29(13-11-28)19-8-6-17(7-9-19)18-14-20(24)22-21(15-18)27(5)23(25-22)26(3)4/h6-9,14-16H,10-13H2,1-5H3. The van der Waals surface area contributed by atoms with Crippen molar-refractivity contribution in [2.45, 2.75) is 19.9 Å². The molecule has 2 heterocycles. The topological polar surface area (TPSA) is 27.5 Å². The normalized spacial score (nSPS) is 15.5. The molecule has 0 amide bonds. The highest BCUT2D eigenvalue weighted by Crippen LogP contribution is 2.33. The fourth-order valence-electron chi connectivity index (χ4n) is 4.16. The summed E-state index contributed by atoms with van der Waals surface area (Å²) in [5.41, 5.74) is 5.48. The van der Waals surface area contributed by atoms with Gasteiger partial charge in [0.15, 0.2) is 0 Å². The fourth-order valence-corrected chi connectivity index (χ4v) is 4.42. The lowest BCUT2D eigenvalue weighted by Gasteiger charge is -2.38. The highest BCUT2D eigenvalue weighted by atomic mass is 35.5. The van der Waals surface area contributed by atoms with Gasteiger partial charge in [-0.3, -0.25) is 4.90 Å². The zero-order valence-electron chi connectivity index (χ0n) is 18.0. The molecule has 1 fully saturated rings. The molecular formula is C23H30ClN5. The molecule has 0 spiro atoms. The summed E-state index contributed by atoms with van der Waals surface area (Å²) < 4.78 is 2.09. The van der Waals surface area contributed by atoms with E-state index in [1.807, 2.05) is 32.1 Å². The summed E-state index contributed by atoms with van der Waals surface area (Å²) in [5, 5.41) is 0.690. The Morgan fingerprint density at radius 2 is 1.62 bits per heavy atom. The monoisotopic (exact) mass is 411 g/mol. The van der Waals surface area contributed by atoms with Gasteiger partial charge in [-0.2, -0.15) is 0 Å². The molecule has 0 bridgehead atoms. The van der Waals surface area contributed by atoms with Gasteiger partial charge in [0.2, 0.25) is 5.95 Å². The molecule has 3 aromatic rings. The number of anilines is 2. The van der Waals surface area contributed by atoms with Crippen LogP contribution < -0.4 is 9.80 Å². The van der Waals surface area contributed by atoms with Gasteiger partial charge in [0, 0.05) is 59.1 Å². The first-order valence-electron chi connectivity index (χ1n) is 10.3. The van der Waals surface area contributed by atoms with Crippen LogP contribution in [-0.4, -0.2) is 60.8 Å². The second-order valence-electron chi connectivity index (χ2n) is 8.35. The van der Waals surface area contributed by atoms with Crippen molar-refractivity contribution in [3.63, 3.8) is 0 Å². The van der Waals surface area contributed by atoms with Gasteiger partial charge in [-0.05, 0) is 49.2 Å². The van der Waals surface area contributed by atoms with E-state index < -0.39 is 0 Å². The lowest BCUT2D eigenvalue weighted by molar-refractivity contribution is 0.209. The van der Waals surface area contributed by atoms with Crippen LogP contribution in [0.15, 0.2) is 36.4 Å². The maximum Gasteiger partial charge on any atom is 0.205 e. The first-order chi connectivity index (χ1) is 13.8. The van der Waals surface area contributed by atoms with Crippen LogP contribution in [0.3, 0.4) is 0 Å². The van der Waals surface area contributed by atoms with E-state index in [0.717, 1.165) is 48.7 Å². The third-order valence-corrected chi connectivity index (χ3v) is 6.21. The van der Waals surface area contributed by atoms with Crippen molar-refractivity contribution in [1.82, 2.24) is 14.5 Å². The smallest absolute Gasteiger partial charge is 0.205 e. The zero-order chi connectivity index (χ0) is 20.7. The molecule has 6 heteroatoms. The van der Waals surface area contributed by atoms with Crippen LogP contribution in [0.2, 0.25) is 5.02 Å². The largest absolute Gasteiger partial charge is 0.369 e. The van der Waals surface area contributed by atoms with E-state index in [0.29, 0.717) is 11.1 Å². The molecule has 0 saturated carbocycles. The molecule has 2 aromatic carbocycles. The quantitative estimate of drug-likeness (QED) is 0.632. The van der Waals surface area contributed by atoms with E-state index in [1.165, 1.54) is 11.3 Å². The summed E-state index contributed by atoms with van der Waals surface area (Å²) in [4.78, 5) is 11.7. The van der Waals surface area contributed by atoms with Crippen molar-refractivity contribution in [2.75, 3.05) is 50.1 Å². The average molecular weight is 412 g/mol. The molecular weight excluding hydrogens is 382 g/mol. The zero-order valence-corrected chi connectivity index (χ0v) is 18.7. The minimum atomic E-state index is 0.624. The Morgan fingerprint density at radius 3 is 2.21 bits per heavy atom. The van der Waals surface area contributed by atoms with Crippen molar-refractivity contribution in [3.05, 3.63) is 41.4 Å². The van der Waals surface area contributed by atoms with E-state index in [2.05, 4.69) is 63.5 Å². The number of aryl methyl sites for hydroxylation is 1. The summed E-state index contributed by atoms with van der Waals surface area (Å²) in [6.07, 6.45) is 0. The minimum Gasteiger partial charge on any atom is -0.369 e. The van der Waals surface area contributed by atoms with Crippen LogP contribution >= 0.6 is 11.6 Å². The van der Waals surface area contributed by atoms with Crippen LogP contribution in [0, 0.1) is 0 Å². The van der Waals surface area contributed by atoms with Gasteiger partial charge in [-0.15, -0.1) is 0 Å². The number of rotatable bonds is 4. The second-order valence-corrected chi connectivity index (χ2v) is 8.76. The molecule has 1 aliphatic heterocycles. The number of piperazine rings is 1. The lowest BCUT2D eigenvalue weighted by atomic mass is 10.0. The molecule has 5 nitrogen and oxygen atoms in total. The number of nitrogens with zero attached hydrogens (tertiary/aromatic N) is 5. The van der Waals surface area contributed by atoms with E-state index in [-0.39, 0.29) is 0 Å². The maximum atomic E-state index is 6.59. The van der Waals surface area contributed by atoms with Gasteiger partial charge in [0.05, 0.1) is 10.5 Å². The minimum absolute atomic E-state index is 0.624. The summed E-state index contributed by atoms with van der Waals surface area (Å²) >= 11 is 6.59. The molecule has 1 saturated heterocycles. The van der Waals surface area contributed by atoms with Crippen molar-refractivity contribution in [1.29, 1.82) is 0 Å². The van der Waals surface area contributed by atoms with Crippen LogP contribution in [0.25, 0.3) is 22.2 Å². The summed E-state index contributed by atoms with van der Waals surface area (Å²) in [5.74, 6) is 0.898. The van der Waals surface area contributed by atoms with Gasteiger partial charge < -0.3 is 14.4 Å². The summed E-state index contributed by atoms with van der Waals surface area (Å²) in [6, 6.07) is 13.7. The number of imidazole rings is 1. The van der Waals surface area contributed by atoms with E-state index in [9.17, 15) is 0 Å². The first-order valence-corrected chi connectivity index (χ1v) is 10.7. The van der Waals surface area contributed by atoms with E-state index in [4.69, 9.17) is 11.6 Å². The number of halogens is 1. The van der Waals surface area contributed by atoms with Crippen LogP contribution in [0.4, 0.5) is 11.6 Å². The molecule has 4 rings (SSSR count). The van der Waals surface area contributed by atoms with Crippen molar-refractivity contribution >= 4 is 34.3 Å². The van der Waals surface area contributed by atoms with E-state index >= 15 is 0 Å². The molecule has 1 aromatic heterocycles. The first kappa shape index (κ1) is 20.0. The van der Waals surface area contributed by atoms with Gasteiger partial charge in [-0.1, -0.05) is 23.7 Å². The summed E-state index contributed by atoms with van der Waals surface area (Å²) in [7, 11) is 6.02. The molecule has 29 heavy (non-hydrogen) atoms. The van der Waals surface area contributed by atoms with Gasteiger partial charge in [0.25, 0.3) is 0 Å². The van der Waals surface area contributed by atoms with Crippen molar-refractivity contribution < 1.29 is 0 Å². The molecule has 0 unspecified atom stereocenters.